The molecule has 2 heterocycles. The Kier molecular flexibility index (Phi) is 25.6. The lowest BCUT2D eigenvalue weighted by atomic mass is 10.1. The number of methoxy groups -OCH3 is 1. The van der Waals surface area contributed by atoms with Gasteiger partial charge in [0.25, 0.3) is 23.6 Å². The van der Waals surface area contributed by atoms with E-state index in [1.165, 1.54) is 76.8 Å². The zero-order chi connectivity index (χ0) is 59.9. The average molecular weight is 1260 g/mol. The van der Waals surface area contributed by atoms with E-state index in [1.54, 1.807) is 12.1 Å². The number of aromatic nitrogens is 2. The third-order valence-corrected chi connectivity index (χ3v) is 14.8. The van der Waals surface area contributed by atoms with Gasteiger partial charge in [0.2, 0.25) is 33.7 Å². The number of carbonyl (C=O) groups is 8. The van der Waals surface area contributed by atoms with Crippen LogP contribution in [-0.2, 0) is 56.5 Å². The van der Waals surface area contributed by atoms with E-state index in [-0.39, 0.29) is 67.1 Å². The number of hydrazine groups is 2. The molecule has 0 aliphatic heterocycles. The maximum atomic E-state index is 14.6. The summed E-state index contributed by atoms with van der Waals surface area (Å²) in [5, 5.41) is 13.3. The maximum Gasteiger partial charge on any atom is 0.437 e. The predicted molar refractivity (Wildman–Crippen MR) is 305 cm³/mol. The molecule has 0 aliphatic carbocycles. The van der Waals surface area contributed by atoms with Gasteiger partial charge in [-0.25, -0.2) is 38.6 Å². The van der Waals surface area contributed by atoms with Crippen molar-refractivity contribution in [1.29, 1.82) is 0 Å². The Bertz CT molecular complexity index is 3180. The number of ether oxygens (including phenoxy) is 1. The molecule has 442 valence electrons. The van der Waals surface area contributed by atoms with E-state index in [4.69, 9.17) is 43.1 Å². The number of primary amides is 1. The summed E-state index contributed by atoms with van der Waals surface area (Å²) >= 11 is 10.7. The van der Waals surface area contributed by atoms with Crippen LogP contribution in [0.15, 0.2) is 104 Å². The number of sulfonamides is 1. The number of halogens is 2. The Morgan fingerprint density at radius 3 is 1.85 bits per heavy atom. The van der Waals surface area contributed by atoms with Crippen LogP contribution in [0.3, 0.4) is 0 Å². The van der Waals surface area contributed by atoms with Gasteiger partial charge < -0.3 is 46.4 Å². The standard InChI is InChI=1S/C51H64BrClN14O13S2/c1-79-27-26-64(30-44(70)63(25-5-3-22-55)29-43(69)62(28-42(56)68)24-4-2-21-54)45(71)31-66(61-50(75)58-23-20-34-6-16-39(17-7-34)82(57,77)78)46(72)32-65(59-48(74)36-10-14-38(53)15-11-36)47(73)33-67-51(76)80-49(60-67)41-19-18-40(81-41)35-8-12-37(52)13-9-35/h6-19H,2-5,20-33,54-55H2,1H3,(H2,56,68)(H,59,74)(H2,57,77,78)(H2,58,61,75). The van der Waals surface area contributed by atoms with Gasteiger partial charge in [0, 0.05) is 53.2 Å². The zero-order valence-electron chi connectivity index (χ0n) is 44.6. The van der Waals surface area contributed by atoms with Crippen molar-refractivity contribution in [1.82, 2.24) is 50.7 Å². The molecule has 0 radical (unpaired) electrons. The van der Waals surface area contributed by atoms with Gasteiger partial charge in [-0.05, 0) is 117 Å². The zero-order valence-corrected chi connectivity index (χ0v) is 48.6. The molecule has 31 heteroatoms. The molecule has 82 heavy (non-hydrogen) atoms. The Hall–Kier alpha value is -7.58. The number of unbranched alkanes of at least 4 members (excludes halogenated alkanes) is 2. The Labute approximate surface area is 489 Å². The van der Waals surface area contributed by atoms with E-state index >= 15 is 0 Å². The molecule has 5 aromatic rings. The van der Waals surface area contributed by atoms with Crippen molar-refractivity contribution in [2.24, 2.45) is 22.3 Å². The van der Waals surface area contributed by atoms with Crippen LogP contribution < -0.4 is 44.3 Å². The predicted octanol–water partition coefficient (Wildman–Crippen LogP) is 0.849. The monoisotopic (exact) mass is 1260 g/mol. The van der Waals surface area contributed by atoms with Crippen molar-refractivity contribution in [3.8, 4) is 21.2 Å². The number of hydrogen-bond donors (Lipinski definition) is 7. The third-order valence-electron chi connectivity index (χ3n) is 11.9. The largest absolute Gasteiger partial charge is 0.437 e. The molecule has 0 atom stereocenters. The first-order valence-corrected chi connectivity index (χ1v) is 28.9. The molecule has 5 rings (SSSR count). The molecule has 0 bridgehead atoms. The minimum atomic E-state index is -3.99. The molecule has 0 unspecified atom stereocenters. The van der Waals surface area contributed by atoms with Crippen LogP contribution in [0.1, 0.15) is 41.6 Å². The molecule has 3 aromatic carbocycles. The second kappa shape index (κ2) is 32.2. The van der Waals surface area contributed by atoms with Crippen molar-refractivity contribution in [2.45, 2.75) is 43.5 Å². The molecule has 0 spiro atoms. The van der Waals surface area contributed by atoms with Crippen molar-refractivity contribution in [2.75, 3.05) is 85.7 Å². The molecule has 0 aliphatic rings. The Morgan fingerprint density at radius 2 is 1.27 bits per heavy atom. The van der Waals surface area contributed by atoms with Gasteiger partial charge in [0.1, 0.15) is 19.6 Å². The lowest BCUT2D eigenvalue weighted by Crippen LogP contribution is -2.59. The van der Waals surface area contributed by atoms with Crippen molar-refractivity contribution >= 4 is 96.3 Å². The molecule has 11 N–H and O–H groups in total. The lowest BCUT2D eigenvalue weighted by Gasteiger charge is -2.31. The maximum absolute atomic E-state index is 14.6. The highest BCUT2D eigenvalue weighted by Crippen LogP contribution is 2.34. The van der Waals surface area contributed by atoms with Crippen LogP contribution in [-0.4, -0.2) is 176 Å². The third kappa shape index (κ3) is 20.8. The summed E-state index contributed by atoms with van der Waals surface area (Å²) in [4.78, 5) is 128. The van der Waals surface area contributed by atoms with Crippen LogP contribution in [0.25, 0.3) is 21.2 Å². The summed E-state index contributed by atoms with van der Waals surface area (Å²) in [6.07, 6.45) is 1.94. The number of urea groups is 1. The summed E-state index contributed by atoms with van der Waals surface area (Å²) in [6, 6.07) is 20.8. The smallest absolute Gasteiger partial charge is 0.387 e. The molecular formula is C51H64BrClN14O13S2. The van der Waals surface area contributed by atoms with E-state index in [2.05, 4.69) is 37.2 Å². The first kappa shape index (κ1) is 65.2. The van der Waals surface area contributed by atoms with Gasteiger partial charge in [0.15, 0.2) is 0 Å². The quantitative estimate of drug-likeness (QED) is 0.0248. The number of nitrogens with one attached hydrogen (secondary N) is 3. The highest BCUT2D eigenvalue weighted by Gasteiger charge is 2.31. The number of benzene rings is 3. The summed E-state index contributed by atoms with van der Waals surface area (Å²) < 4.78 is 35.8. The number of nitrogens with zero attached hydrogens (tertiary/aromatic N) is 7. The number of rotatable bonds is 30. The fraction of sp³-hybridized carbons (Fsp3) is 0.373. The van der Waals surface area contributed by atoms with Crippen LogP contribution in [0, 0.1) is 0 Å². The Balaban J connectivity index is 1.44. The summed E-state index contributed by atoms with van der Waals surface area (Å²) in [7, 11) is -2.66. The second-order valence-electron chi connectivity index (χ2n) is 18.1. The minimum absolute atomic E-state index is 0.0128. The summed E-state index contributed by atoms with van der Waals surface area (Å²) in [5.41, 5.74) is 22.9. The highest BCUT2D eigenvalue weighted by atomic mass is 79.9. The van der Waals surface area contributed by atoms with Crippen LogP contribution in [0.4, 0.5) is 4.79 Å². The second-order valence-corrected chi connectivity index (χ2v) is 22.1. The van der Waals surface area contributed by atoms with Crippen molar-refractivity contribution in [3.05, 3.63) is 116 Å². The van der Waals surface area contributed by atoms with E-state index in [0.717, 1.165) is 19.8 Å². The molecule has 2 aromatic heterocycles. The molecule has 0 saturated carbocycles. The van der Waals surface area contributed by atoms with Crippen LogP contribution >= 0.6 is 38.9 Å². The lowest BCUT2D eigenvalue weighted by molar-refractivity contribution is -0.149. The van der Waals surface area contributed by atoms with Gasteiger partial charge >= 0.3 is 11.8 Å². The number of primary sulfonamides is 1. The van der Waals surface area contributed by atoms with Gasteiger partial charge in [0.05, 0.1) is 36.0 Å². The number of hydrogen-bond acceptors (Lipinski definition) is 17. The fourth-order valence-electron chi connectivity index (χ4n) is 7.58. The molecule has 9 amide bonds. The van der Waals surface area contributed by atoms with Gasteiger partial charge in [-0.3, -0.25) is 39.0 Å². The summed E-state index contributed by atoms with van der Waals surface area (Å²) in [6.45, 7) is -4.43. The van der Waals surface area contributed by atoms with Gasteiger partial charge in [-0.2, -0.15) is 4.68 Å². The molecule has 0 saturated heterocycles. The SMILES string of the molecule is COCCN(CC(=O)N(CCCCN)CC(=O)N(CCCCN)CC(N)=O)C(=O)CN(NC(=O)NCCc1ccc(S(N)(=O)=O)cc1)C(=O)CN(NC(=O)c1ccc(Cl)cc1)C(=O)Cn1nc(-c2ccc(-c3ccc(Br)cc3)s2)oc1=O. The van der Waals surface area contributed by atoms with E-state index < -0.39 is 102 Å². The van der Waals surface area contributed by atoms with Crippen molar-refractivity contribution < 1.29 is 55.9 Å². The minimum Gasteiger partial charge on any atom is -0.387 e. The molecule has 27 nitrogen and oxygen atoms in total. The number of nitrogens with two attached hydrogens (primary N) is 4. The first-order valence-electron chi connectivity index (χ1n) is 25.4. The topological polar surface area (TPSA) is 384 Å². The first-order chi connectivity index (χ1) is 39.1. The normalized spacial score (nSPS) is 11.1. The average Bonchev–Trinajstić information content (AvgIpc) is 4.08. The van der Waals surface area contributed by atoms with E-state index in [0.29, 0.717) is 57.4 Å². The van der Waals surface area contributed by atoms with E-state index in [1.807, 2.05) is 24.3 Å². The van der Waals surface area contributed by atoms with Gasteiger partial charge in [-0.15, -0.1) is 16.4 Å². The fourth-order valence-corrected chi connectivity index (χ4v) is 9.42. The molecular weight excluding hydrogens is 1200 g/mol. The van der Waals surface area contributed by atoms with Gasteiger partial charge in [-0.1, -0.05) is 51.8 Å². The van der Waals surface area contributed by atoms with Crippen molar-refractivity contribution in [3.63, 3.8) is 0 Å². The summed E-state index contributed by atoms with van der Waals surface area (Å²) in [5.74, 6) is -7.51. The van der Waals surface area contributed by atoms with Crippen LogP contribution in [0.2, 0.25) is 5.02 Å². The number of thiophene rings is 1. The number of carbonyl (C=O) groups excluding carboxylic acids is 8. The molecule has 0 fully saturated rings. The highest BCUT2D eigenvalue weighted by molar-refractivity contribution is 9.10. The Morgan fingerprint density at radius 1 is 0.707 bits per heavy atom. The van der Waals surface area contributed by atoms with E-state index in [9.17, 15) is 51.6 Å². The van der Waals surface area contributed by atoms with Crippen LogP contribution in [0.5, 0.6) is 0 Å². The number of amides is 9.